The summed E-state index contributed by atoms with van der Waals surface area (Å²) in [5, 5.41) is 23.6. The van der Waals surface area contributed by atoms with E-state index in [0.717, 1.165) is 87.6 Å². The van der Waals surface area contributed by atoms with Gasteiger partial charge < -0.3 is 54.3 Å². The topological polar surface area (TPSA) is 370 Å². The lowest BCUT2D eigenvalue weighted by Gasteiger charge is -2.32. The zero-order valence-corrected chi connectivity index (χ0v) is 66.2. The number of halogens is 1. The standard InChI is InChI=1S/C20H21N3O4S2.C19H20N4O4S2.C15H23N3O4S.C10H20N2O2.C5H6BrNO2S/c1-27-19(24)18-13-21-20(28-18)23-10-8-16(9-11-23)22-29(25,26)17-7-6-14-4-2-3-5-15(14)12-17;24-18(21-25)17-12-20-19(28-17)23-9-7-15(8-10-23)22-29(26,27)16-6-5-13-3-1-2-4-14(13)11-16;1-15(2,3)22-14(20)17-10-5-7-18(8-6-10)13-16-9-11(23-13)12(19)21-4;1-10(2,3)14-9(13)12-8-4-6-11-7-5-8;1-9-4(8)3-2-7-5(6)10-3/h2-7,12-13,16,22H,8-11H2,1H3;1-6,11-12,15,22,25H,7-10H2,(H,21,24);9-10H,5-8H2,1-4H3,(H,17,20);8,11H,4-7H2,1-3H3,(H,12,13);3H,2H2,1H3. The summed E-state index contributed by atoms with van der Waals surface area (Å²) < 4.78 is 82.0. The summed E-state index contributed by atoms with van der Waals surface area (Å²) in [5.41, 5.74) is 0.697. The minimum atomic E-state index is -3.61. The van der Waals surface area contributed by atoms with Gasteiger partial charge in [0.05, 0.1) is 56.3 Å². The Morgan fingerprint density at radius 3 is 1.26 bits per heavy atom. The smallest absolute Gasteiger partial charge is 0.407 e. The van der Waals surface area contributed by atoms with Crippen LogP contribution in [0.4, 0.5) is 25.0 Å². The second-order valence-electron chi connectivity index (χ2n) is 26.5. The first kappa shape index (κ1) is 83.0. The van der Waals surface area contributed by atoms with Gasteiger partial charge in [-0.25, -0.2) is 65.9 Å². The van der Waals surface area contributed by atoms with E-state index in [2.05, 4.69) is 80.5 Å². The summed E-state index contributed by atoms with van der Waals surface area (Å²) in [6, 6.07) is 25.7. The molecule has 8 heterocycles. The predicted molar refractivity (Wildman–Crippen MR) is 412 cm³/mol. The lowest BCUT2D eigenvalue weighted by atomic mass is 10.1. The molecule has 0 spiro atoms. The molecule has 1 atom stereocenters. The number of amides is 3. The molecule has 4 saturated heterocycles. The number of ether oxygens (including phenoxy) is 5. The van der Waals surface area contributed by atoms with Gasteiger partial charge in [-0.15, -0.1) is 0 Å². The van der Waals surface area contributed by atoms with Gasteiger partial charge in [-0.3, -0.25) is 19.8 Å². The zero-order valence-electron chi connectivity index (χ0n) is 59.8. The quantitative estimate of drug-likeness (QED) is 0.0217. The largest absolute Gasteiger partial charge is 0.468 e. The number of nitrogens with zero attached hydrogens (tertiary/aromatic N) is 7. The summed E-state index contributed by atoms with van der Waals surface area (Å²) in [6.45, 7) is 17.7. The number of sulfonamides is 2. The summed E-state index contributed by atoms with van der Waals surface area (Å²) in [6.07, 6.45) is 9.98. The lowest BCUT2D eigenvalue weighted by Crippen LogP contribution is -2.46. The molecule has 36 heteroatoms. The van der Waals surface area contributed by atoms with Crippen molar-refractivity contribution in [3.8, 4) is 0 Å². The molecule has 0 bridgehead atoms. The van der Waals surface area contributed by atoms with Crippen molar-refractivity contribution in [1.82, 2.24) is 45.8 Å². The number of hydroxylamine groups is 1. The molecule has 570 valence electrons. The third-order valence-corrected chi connectivity index (χ3v) is 24.4. The van der Waals surface area contributed by atoms with Crippen molar-refractivity contribution in [1.29, 1.82) is 0 Å². The molecule has 4 fully saturated rings. The summed E-state index contributed by atoms with van der Waals surface area (Å²) in [5.74, 6) is -1.56. The van der Waals surface area contributed by atoms with Crippen LogP contribution in [0.3, 0.4) is 0 Å². The number of fused-ring (bicyclic) bond motifs is 2. The highest BCUT2D eigenvalue weighted by Crippen LogP contribution is 2.31. The van der Waals surface area contributed by atoms with E-state index >= 15 is 0 Å². The number of thiazole rings is 3. The Morgan fingerprint density at radius 2 is 0.895 bits per heavy atom. The highest BCUT2D eigenvalue weighted by Gasteiger charge is 2.31. The number of aromatic nitrogens is 3. The Bertz CT molecular complexity index is 4170. The lowest BCUT2D eigenvalue weighted by molar-refractivity contribution is -0.139. The van der Waals surface area contributed by atoms with Gasteiger partial charge in [0, 0.05) is 63.4 Å². The molecular formula is C69H90BrN13O16S6. The number of esters is 3. The molecule has 1 unspecified atom stereocenters. The fourth-order valence-corrected chi connectivity index (χ4v) is 18.0. The maximum Gasteiger partial charge on any atom is 0.407 e. The monoisotopic (exact) mass is 1630 g/mol. The highest BCUT2D eigenvalue weighted by molar-refractivity contribution is 9.22. The van der Waals surface area contributed by atoms with E-state index < -0.39 is 43.1 Å². The van der Waals surface area contributed by atoms with E-state index in [1.807, 2.05) is 107 Å². The number of carbonyl (C=O) groups excluding carboxylic acids is 6. The van der Waals surface area contributed by atoms with E-state index in [1.165, 1.54) is 85.7 Å². The molecule has 29 nitrogen and oxygen atoms in total. The minimum absolute atomic E-state index is 0.0983. The Kier molecular flexibility index (Phi) is 30.6. The van der Waals surface area contributed by atoms with Crippen molar-refractivity contribution in [3.05, 3.63) is 118 Å². The SMILES string of the molecule is CC(C)(C)OC(=O)NC1CCNCC1.COC(=O)C1CN=C(Br)S1.COC(=O)c1cnc(N2CCC(NC(=O)OC(C)(C)C)CC2)s1.COC(=O)c1cnc(N2CCC(NS(=O)(=O)c3ccc4ccccc4c3)CC2)s1.O=C(NO)c1cnc(N2CCC(NS(=O)(=O)c3ccc4ccccc4c3)CC2)s1. The van der Waals surface area contributed by atoms with Crippen LogP contribution in [0.5, 0.6) is 0 Å². The Morgan fingerprint density at radius 1 is 0.524 bits per heavy atom. The number of methoxy groups -OCH3 is 3. The number of rotatable bonds is 15. The molecule has 4 aromatic carbocycles. The van der Waals surface area contributed by atoms with Crippen LogP contribution < -0.4 is 45.6 Å². The van der Waals surface area contributed by atoms with Crippen LogP contribution in [0.25, 0.3) is 21.5 Å². The number of thioether (sulfide) groups is 1. The van der Waals surface area contributed by atoms with Gasteiger partial charge in [0.2, 0.25) is 20.0 Å². The summed E-state index contributed by atoms with van der Waals surface area (Å²) in [7, 11) is -3.11. The van der Waals surface area contributed by atoms with E-state index in [4.69, 9.17) is 19.4 Å². The van der Waals surface area contributed by atoms with Crippen molar-refractivity contribution in [2.75, 3.05) is 94.9 Å². The van der Waals surface area contributed by atoms with Gasteiger partial charge in [0.15, 0.2) is 15.4 Å². The van der Waals surface area contributed by atoms with Crippen molar-refractivity contribution in [2.45, 2.75) is 143 Å². The van der Waals surface area contributed by atoms with Crippen molar-refractivity contribution >= 4 is 159 Å². The van der Waals surface area contributed by atoms with Crippen LogP contribution >= 0.6 is 61.7 Å². The minimum Gasteiger partial charge on any atom is -0.468 e. The number of hydrogen-bond acceptors (Lipinski definition) is 28. The number of aliphatic imine (C=N–C) groups is 1. The van der Waals surface area contributed by atoms with E-state index in [-0.39, 0.29) is 63.3 Å². The van der Waals surface area contributed by atoms with Gasteiger partial charge in [-0.05, 0) is 168 Å². The molecule has 12 rings (SSSR count). The number of alkyl carbamates (subject to hydrolysis) is 2. The van der Waals surface area contributed by atoms with Crippen LogP contribution in [0.15, 0.2) is 118 Å². The molecule has 7 N–H and O–H groups in total. The number of nitrogens with one attached hydrogen (secondary N) is 6. The molecule has 7 aromatic rings. The van der Waals surface area contributed by atoms with Gasteiger partial charge in [0.1, 0.15) is 35.0 Å². The van der Waals surface area contributed by atoms with Gasteiger partial charge >= 0.3 is 30.1 Å². The Hall–Kier alpha value is -7.65. The van der Waals surface area contributed by atoms with Crippen molar-refractivity contribution in [2.24, 2.45) is 4.99 Å². The van der Waals surface area contributed by atoms with Crippen molar-refractivity contribution < 1.29 is 74.5 Å². The highest BCUT2D eigenvalue weighted by atomic mass is 79.9. The average molecular weight is 1630 g/mol. The fraction of sp³-hybridized carbons (Fsp3) is 0.478. The number of benzene rings is 4. The third-order valence-electron chi connectivity index (χ3n) is 16.4. The molecule has 5 aliphatic rings. The first-order chi connectivity index (χ1) is 49.9. The summed E-state index contributed by atoms with van der Waals surface area (Å²) >= 11 is 8.37. The molecule has 3 aromatic heterocycles. The van der Waals surface area contributed by atoms with Crippen LogP contribution in [0, 0.1) is 0 Å². The second kappa shape index (κ2) is 38.8. The normalized spacial score (nSPS) is 17.0. The number of hydrogen-bond donors (Lipinski definition) is 7. The fourth-order valence-electron chi connectivity index (χ4n) is 11.1. The molecule has 0 aliphatic carbocycles. The number of piperidine rings is 4. The van der Waals surface area contributed by atoms with Gasteiger partial charge in [-0.2, -0.15) is 0 Å². The van der Waals surface area contributed by atoms with Gasteiger partial charge in [-0.1, -0.05) is 106 Å². The first-order valence-corrected chi connectivity index (χ1v) is 40.9. The van der Waals surface area contributed by atoms with Crippen molar-refractivity contribution in [3.63, 3.8) is 0 Å². The summed E-state index contributed by atoms with van der Waals surface area (Å²) in [4.78, 5) is 93.3. The molecule has 105 heavy (non-hydrogen) atoms. The van der Waals surface area contributed by atoms with E-state index in [1.54, 1.807) is 29.7 Å². The van der Waals surface area contributed by atoms with Crippen LogP contribution in [0.1, 0.15) is 122 Å². The molecule has 5 aliphatic heterocycles. The predicted octanol–water partition coefficient (Wildman–Crippen LogP) is 10.1. The van der Waals surface area contributed by atoms with Crippen LogP contribution in [-0.2, 0) is 48.5 Å². The zero-order chi connectivity index (χ0) is 76.1. The molecule has 0 saturated carbocycles. The first-order valence-electron chi connectivity index (χ1n) is 33.8. The van der Waals surface area contributed by atoms with Crippen LogP contribution in [-0.4, -0.2) is 198 Å². The van der Waals surface area contributed by atoms with E-state index in [9.17, 15) is 45.6 Å². The molecular weight excluding hydrogens is 1540 g/mol. The average Bonchev–Trinajstić information content (AvgIpc) is 1.51. The molecule has 3 amide bonds. The maximum atomic E-state index is 12.8. The maximum absolute atomic E-state index is 12.8. The van der Waals surface area contributed by atoms with Crippen LogP contribution in [0.2, 0.25) is 0 Å². The van der Waals surface area contributed by atoms with E-state index in [0.29, 0.717) is 78.2 Å². The number of carbonyl (C=O) groups is 6. The number of anilines is 3. The Labute approximate surface area is 635 Å². The second-order valence-corrected chi connectivity index (χ2v) is 35.5. The van der Waals surface area contributed by atoms with Gasteiger partial charge in [0.25, 0.3) is 5.91 Å². The molecule has 0 radical (unpaired) electrons. The third kappa shape index (κ3) is 25.8. The Balaban J connectivity index is 0.000000173.